The normalized spacial score (nSPS) is 13.4. The number of rotatable bonds is 3. The second-order valence-electron chi connectivity index (χ2n) is 3.16. The summed E-state index contributed by atoms with van der Waals surface area (Å²) < 4.78 is 0. The summed E-state index contributed by atoms with van der Waals surface area (Å²) in [6, 6.07) is 7.65. The average Bonchev–Trinajstić information content (AvgIpc) is 2.03. The van der Waals surface area contributed by atoms with E-state index < -0.39 is 0 Å². The molecule has 0 spiro atoms. The first-order chi connectivity index (χ1) is 6.18. The minimum atomic E-state index is -0.280. The van der Waals surface area contributed by atoms with Crippen molar-refractivity contribution in [1.82, 2.24) is 0 Å². The monoisotopic (exact) mass is 177 g/mol. The Balaban J connectivity index is 2.58. The molecule has 0 aliphatic heterocycles. The minimum absolute atomic E-state index is 0.280. The summed E-state index contributed by atoms with van der Waals surface area (Å²) in [5.74, 6) is 0. The van der Waals surface area contributed by atoms with Crippen LogP contribution in [0, 0.1) is 0 Å². The van der Waals surface area contributed by atoms with Gasteiger partial charge in [0.2, 0.25) is 0 Å². The second kappa shape index (κ2) is 4.67. The molecule has 0 unspecified atom stereocenters. The van der Waals surface area contributed by atoms with Gasteiger partial charge in [0.15, 0.2) is 0 Å². The van der Waals surface area contributed by atoms with Crippen molar-refractivity contribution in [2.75, 3.05) is 5.73 Å². The molecule has 3 N–H and O–H groups in total. The van der Waals surface area contributed by atoms with Gasteiger partial charge in [-0.05, 0) is 31.0 Å². The zero-order chi connectivity index (χ0) is 9.68. The Morgan fingerprint density at radius 1 is 1.54 bits per heavy atom. The lowest BCUT2D eigenvalue weighted by Gasteiger charge is -1.97. The smallest absolute Gasteiger partial charge is 0.0546 e. The van der Waals surface area contributed by atoms with Crippen LogP contribution in [0.2, 0.25) is 0 Å². The van der Waals surface area contributed by atoms with Gasteiger partial charge in [0.25, 0.3) is 0 Å². The molecule has 1 atom stereocenters. The number of nitrogens with two attached hydrogens (primary N) is 1. The van der Waals surface area contributed by atoms with E-state index in [4.69, 9.17) is 10.8 Å². The lowest BCUT2D eigenvalue weighted by Crippen LogP contribution is -1.95. The summed E-state index contributed by atoms with van der Waals surface area (Å²) >= 11 is 0. The number of aliphatic hydroxyl groups is 1. The van der Waals surface area contributed by atoms with Crippen LogP contribution in [0.3, 0.4) is 0 Å². The Labute approximate surface area is 78.7 Å². The van der Waals surface area contributed by atoms with Crippen LogP contribution in [-0.4, -0.2) is 11.2 Å². The lowest BCUT2D eigenvalue weighted by atomic mass is 10.1. The number of hydrogen-bond acceptors (Lipinski definition) is 2. The Kier molecular flexibility index (Phi) is 3.53. The van der Waals surface area contributed by atoms with Gasteiger partial charge in [0.1, 0.15) is 0 Å². The van der Waals surface area contributed by atoms with E-state index in [1.54, 1.807) is 6.92 Å². The van der Waals surface area contributed by atoms with Crippen LogP contribution in [0.1, 0.15) is 18.9 Å². The molecule has 2 nitrogen and oxygen atoms in total. The molecule has 0 aliphatic carbocycles. The SMILES string of the molecule is C[C@H](O)CC=Cc1cccc(N)c1. The summed E-state index contributed by atoms with van der Waals surface area (Å²) in [4.78, 5) is 0. The molecule has 0 aromatic heterocycles. The summed E-state index contributed by atoms with van der Waals surface area (Å²) in [6.07, 6.45) is 4.30. The van der Waals surface area contributed by atoms with Crippen molar-refractivity contribution in [3.05, 3.63) is 35.9 Å². The van der Waals surface area contributed by atoms with Crippen molar-refractivity contribution < 1.29 is 5.11 Å². The standard InChI is InChI=1S/C11H15NO/c1-9(13)4-2-5-10-6-3-7-11(12)8-10/h2-3,5-9,13H,4,12H2,1H3/t9-/m0/s1. The fourth-order valence-electron chi connectivity index (χ4n) is 1.06. The topological polar surface area (TPSA) is 46.2 Å². The van der Waals surface area contributed by atoms with Crippen LogP contribution in [0.25, 0.3) is 6.08 Å². The molecule has 2 heteroatoms. The summed E-state index contributed by atoms with van der Waals surface area (Å²) in [5.41, 5.74) is 7.44. The Hall–Kier alpha value is -1.28. The molecule has 1 rings (SSSR count). The van der Waals surface area contributed by atoms with Gasteiger partial charge in [-0.25, -0.2) is 0 Å². The molecule has 0 saturated heterocycles. The second-order valence-corrected chi connectivity index (χ2v) is 3.16. The van der Waals surface area contributed by atoms with Gasteiger partial charge in [-0.2, -0.15) is 0 Å². The van der Waals surface area contributed by atoms with Gasteiger partial charge in [-0.15, -0.1) is 0 Å². The van der Waals surface area contributed by atoms with Crippen molar-refractivity contribution in [2.45, 2.75) is 19.4 Å². The van der Waals surface area contributed by atoms with Gasteiger partial charge < -0.3 is 10.8 Å². The molecule has 0 saturated carbocycles. The fourth-order valence-corrected chi connectivity index (χ4v) is 1.06. The number of hydrogen-bond donors (Lipinski definition) is 2. The predicted octanol–water partition coefficient (Wildman–Crippen LogP) is 2.05. The maximum absolute atomic E-state index is 9.01. The van der Waals surface area contributed by atoms with Crippen molar-refractivity contribution in [3.63, 3.8) is 0 Å². The van der Waals surface area contributed by atoms with Crippen LogP contribution >= 0.6 is 0 Å². The first-order valence-corrected chi connectivity index (χ1v) is 4.38. The van der Waals surface area contributed by atoms with Crippen molar-refractivity contribution in [2.24, 2.45) is 0 Å². The van der Waals surface area contributed by atoms with E-state index >= 15 is 0 Å². The zero-order valence-electron chi connectivity index (χ0n) is 7.77. The first kappa shape index (κ1) is 9.81. The van der Waals surface area contributed by atoms with Gasteiger partial charge in [0, 0.05) is 5.69 Å². The van der Waals surface area contributed by atoms with Gasteiger partial charge in [-0.3, -0.25) is 0 Å². The number of nitrogen functional groups attached to an aromatic ring is 1. The zero-order valence-corrected chi connectivity index (χ0v) is 7.77. The molecular formula is C11H15NO. The largest absolute Gasteiger partial charge is 0.399 e. The van der Waals surface area contributed by atoms with E-state index in [0.717, 1.165) is 11.3 Å². The summed E-state index contributed by atoms with van der Waals surface area (Å²) in [7, 11) is 0. The van der Waals surface area contributed by atoms with Crippen molar-refractivity contribution in [1.29, 1.82) is 0 Å². The highest BCUT2D eigenvalue weighted by Gasteiger charge is 1.90. The maximum atomic E-state index is 9.01. The molecule has 0 radical (unpaired) electrons. The van der Waals surface area contributed by atoms with Crippen LogP contribution in [0.15, 0.2) is 30.3 Å². The van der Waals surface area contributed by atoms with Crippen LogP contribution in [0.5, 0.6) is 0 Å². The number of anilines is 1. The minimum Gasteiger partial charge on any atom is -0.399 e. The quantitative estimate of drug-likeness (QED) is 0.694. The van der Waals surface area contributed by atoms with Crippen LogP contribution in [-0.2, 0) is 0 Å². The Morgan fingerprint density at radius 3 is 2.92 bits per heavy atom. The summed E-state index contributed by atoms with van der Waals surface area (Å²) in [5, 5.41) is 9.01. The Morgan fingerprint density at radius 2 is 2.31 bits per heavy atom. The van der Waals surface area contributed by atoms with Gasteiger partial charge >= 0.3 is 0 Å². The van der Waals surface area contributed by atoms with E-state index in [1.165, 1.54) is 0 Å². The molecule has 13 heavy (non-hydrogen) atoms. The van der Waals surface area contributed by atoms with E-state index in [-0.39, 0.29) is 6.10 Å². The molecule has 0 amide bonds. The van der Waals surface area contributed by atoms with E-state index in [0.29, 0.717) is 6.42 Å². The van der Waals surface area contributed by atoms with Crippen LogP contribution < -0.4 is 5.73 Å². The molecule has 0 aliphatic rings. The highest BCUT2D eigenvalue weighted by atomic mass is 16.3. The first-order valence-electron chi connectivity index (χ1n) is 4.38. The lowest BCUT2D eigenvalue weighted by molar-refractivity contribution is 0.199. The predicted molar refractivity (Wildman–Crippen MR) is 56.2 cm³/mol. The molecule has 0 bridgehead atoms. The van der Waals surface area contributed by atoms with Crippen molar-refractivity contribution >= 4 is 11.8 Å². The molecule has 1 aromatic carbocycles. The van der Waals surface area contributed by atoms with Crippen molar-refractivity contribution in [3.8, 4) is 0 Å². The highest BCUT2D eigenvalue weighted by molar-refractivity contribution is 5.55. The van der Waals surface area contributed by atoms with E-state index in [2.05, 4.69) is 0 Å². The number of benzene rings is 1. The fraction of sp³-hybridized carbons (Fsp3) is 0.273. The Bertz CT molecular complexity index is 292. The summed E-state index contributed by atoms with van der Waals surface area (Å²) in [6.45, 7) is 1.77. The third-order valence-corrected chi connectivity index (χ3v) is 1.70. The molecule has 0 fully saturated rings. The molecule has 1 aromatic rings. The number of aliphatic hydroxyl groups excluding tert-OH is 1. The molecule has 70 valence electrons. The third kappa shape index (κ3) is 3.76. The molecular weight excluding hydrogens is 162 g/mol. The van der Waals surface area contributed by atoms with E-state index in [9.17, 15) is 0 Å². The third-order valence-electron chi connectivity index (χ3n) is 1.70. The maximum Gasteiger partial charge on any atom is 0.0546 e. The van der Waals surface area contributed by atoms with Crippen LogP contribution in [0.4, 0.5) is 5.69 Å². The average molecular weight is 177 g/mol. The van der Waals surface area contributed by atoms with E-state index in [1.807, 2.05) is 36.4 Å². The van der Waals surface area contributed by atoms with Gasteiger partial charge in [-0.1, -0.05) is 24.3 Å². The van der Waals surface area contributed by atoms with Gasteiger partial charge in [0.05, 0.1) is 6.10 Å². The molecule has 0 heterocycles. The highest BCUT2D eigenvalue weighted by Crippen LogP contribution is 2.08.